The van der Waals surface area contributed by atoms with E-state index < -0.39 is 11.1 Å². The molecule has 0 saturated heterocycles. The van der Waals surface area contributed by atoms with Crippen molar-refractivity contribution in [3.63, 3.8) is 0 Å². The number of thiophene rings is 1. The van der Waals surface area contributed by atoms with Gasteiger partial charge in [0.15, 0.2) is 5.82 Å². The van der Waals surface area contributed by atoms with Crippen molar-refractivity contribution in [3.05, 3.63) is 27.7 Å². The zero-order valence-electron chi connectivity index (χ0n) is 13.9. The first kappa shape index (κ1) is 17.8. The highest BCUT2D eigenvalue weighted by molar-refractivity contribution is 7.12. The van der Waals surface area contributed by atoms with Crippen LogP contribution in [0.4, 0.5) is 19.0 Å². The number of anilines is 1. The Morgan fingerprint density at radius 2 is 1.92 bits per heavy atom. The molecule has 1 aliphatic carbocycles. The van der Waals surface area contributed by atoms with Gasteiger partial charge in [0.25, 0.3) is 0 Å². The standard InChI is InChI=1S/C17H18F3N3OS/c1-9(2)16(24)23-13-8-21-11(7-22-13)14-10-5-3-4-6-12(10)25-15(14)17(18,19)20/h7-9H,3-6H2,1-2H3,(H,22,23,24). The molecule has 0 aromatic carbocycles. The third-order valence-electron chi connectivity index (χ3n) is 4.11. The minimum Gasteiger partial charge on any atom is -0.309 e. The Morgan fingerprint density at radius 3 is 2.52 bits per heavy atom. The summed E-state index contributed by atoms with van der Waals surface area (Å²) in [5.74, 6) is -0.201. The number of fused-ring (bicyclic) bond motifs is 1. The van der Waals surface area contributed by atoms with Gasteiger partial charge in [-0.05, 0) is 31.2 Å². The van der Waals surface area contributed by atoms with Gasteiger partial charge in [-0.3, -0.25) is 9.78 Å². The molecule has 1 amide bonds. The molecule has 0 bridgehead atoms. The average Bonchev–Trinajstić information content (AvgIpc) is 2.95. The summed E-state index contributed by atoms with van der Waals surface area (Å²) < 4.78 is 40.4. The number of aromatic nitrogens is 2. The van der Waals surface area contributed by atoms with Crippen LogP contribution in [0.15, 0.2) is 12.4 Å². The first-order valence-corrected chi connectivity index (χ1v) is 8.94. The first-order valence-electron chi connectivity index (χ1n) is 8.12. The Balaban J connectivity index is 1.98. The monoisotopic (exact) mass is 369 g/mol. The molecule has 2 aromatic rings. The number of aryl methyl sites for hydroxylation is 1. The first-order chi connectivity index (χ1) is 11.8. The van der Waals surface area contributed by atoms with Crippen LogP contribution in [-0.4, -0.2) is 15.9 Å². The second kappa shape index (κ2) is 6.74. The molecule has 2 aromatic heterocycles. The lowest BCUT2D eigenvalue weighted by atomic mass is 9.93. The van der Waals surface area contributed by atoms with Crippen molar-refractivity contribution in [3.8, 4) is 11.3 Å². The van der Waals surface area contributed by atoms with Crippen molar-refractivity contribution in [2.75, 3.05) is 5.32 Å². The normalized spacial score (nSPS) is 14.5. The lowest BCUT2D eigenvalue weighted by Gasteiger charge is -2.13. The summed E-state index contributed by atoms with van der Waals surface area (Å²) in [6.45, 7) is 3.48. The largest absolute Gasteiger partial charge is 0.426 e. The van der Waals surface area contributed by atoms with E-state index in [9.17, 15) is 18.0 Å². The van der Waals surface area contributed by atoms with Gasteiger partial charge in [0.05, 0.1) is 18.1 Å². The Bertz CT molecular complexity index is 782. The molecule has 0 unspecified atom stereocenters. The highest BCUT2D eigenvalue weighted by Gasteiger charge is 2.39. The molecule has 0 radical (unpaired) electrons. The van der Waals surface area contributed by atoms with E-state index in [1.54, 1.807) is 13.8 Å². The number of halogens is 3. The number of nitrogens with one attached hydrogen (secondary N) is 1. The number of rotatable bonds is 3. The van der Waals surface area contributed by atoms with Gasteiger partial charge in [-0.25, -0.2) is 4.98 Å². The van der Waals surface area contributed by atoms with Crippen LogP contribution in [0, 0.1) is 5.92 Å². The SMILES string of the molecule is CC(C)C(=O)Nc1cnc(-c2c(C(F)(F)F)sc3c2CCCC3)cn1. The molecular formula is C17H18F3N3OS. The maximum Gasteiger partial charge on any atom is 0.426 e. The second-order valence-electron chi connectivity index (χ2n) is 6.34. The molecule has 0 atom stereocenters. The van der Waals surface area contributed by atoms with Crippen molar-refractivity contribution >= 4 is 23.1 Å². The zero-order chi connectivity index (χ0) is 18.2. The fraction of sp³-hybridized carbons (Fsp3) is 0.471. The van der Waals surface area contributed by atoms with Gasteiger partial charge in [-0.1, -0.05) is 13.8 Å². The number of carbonyl (C=O) groups excluding carboxylic acids is 1. The molecule has 0 fully saturated rings. The van der Waals surface area contributed by atoms with Gasteiger partial charge in [-0.15, -0.1) is 11.3 Å². The second-order valence-corrected chi connectivity index (χ2v) is 7.45. The van der Waals surface area contributed by atoms with Gasteiger partial charge >= 0.3 is 6.18 Å². The molecule has 3 rings (SSSR count). The van der Waals surface area contributed by atoms with E-state index in [4.69, 9.17) is 0 Å². The molecule has 2 heterocycles. The Hall–Kier alpha value is -1.96. The molecule has 0 spiro atoms. The van der Waals surface area contributed by atoms with Crippen LogP contribution >= 0.6 is 11.3 Å². The van der Waals surface area contributed by atoms with Crippen molar-refractivity contribution in [2.24, 2.45) is 5.92 Å². The van der Waals surface area contributed by atoms with Crippen LogP contribution < -0.4 is 5.32 Å². The number of nitrogens with zero attached hydrogens (tertiary/aromatic N) is 2. The fourth-order valence-electron chi connectivity index (χ4n) is 2.83. The van der Waals surface area contributed by atoms with E-state index in [-0.39, 0.29) is 28.9 Å². The zero-order valence-corrected chi connectivity index (χ0v) is 14.7. The Labute approximate surface area is 147 Å². The number of carbonyl (C=O) groups is 1. The molecule has 1 aliphatic rings. The fourth-order valence-corrected chi connectivity index (χ4v) is 4.09. The van der Waals surface area contributed by atoms with Gasteiger partial charge in [0.2, 0.25) is 5.91 Å². The number of alkyl halides is 3. The van der Waals surface area contributed by atoms with Gasteiger partial charge in [-0.2, -0.15) is 13.2 Å². The molecule has 8 heteroatoms. The predicted octanol–water partition coefficient (Wildman–Crippen LogP) is 4.70. The summed E-state index contributed by atoms with van der Waals surface area (Å²) in [6, 6.07) is 0. The topological polar surface area (TPSA) is 54.9 Å². The minimum absolute atomic E-state index is 0.154. The van der Waals surface area contributed by atoms with Crippen LogP contribution in [0.5, 0.6) is 0 Å². The van der Waals surface area contributed by atoms with Gasteiger partial charge < -0.3 is 5.32 Å². The van der Waals surface area contributed by atoms with E-state index in [1.807, 2.05) is 0 Å². The van der Waals surface area contributed by atoms with Crippen molar-refractivity contribution < 1.29 is 18.0 Å². The number of hydrogen-bond donors (Lipinski definition) is 1. The maximum absolute atomic E-state index is 13.5. The van der Waals surface area contributed by atoms with Crippen LogP contribution in [0.3, 0.4) is 0 Å². The summed E-state index contributed by atoms with van der Waals surface area (Å²) in [7, 11) is 0. The van der Waals surface area contributed by atoms with Crippen molar-refractivity contribution in [2.45, 2.75) is 45.7 Å². The average molecular weight is 369 g/mol. The number of hydrogen-bond acceptors (Lipinski definition) is 4. The smallest absolute Gasteiger partial charge is 0.309 e. The van der Waals surface area contributed by atoms with E-state index >= 15 is 0 Å². The predicted molar refractivity (Wildman–Crippen MR) is 90.5 cm³/mol. The molecule has 25 heavy (non-hydrogen) atoms. The van der Waals surface area contributed by atoms with E-state index in [1.165, 1.54) is 12.4 Å². The molecule has 0 saturated carbocycles. The molecule has 4 nitrogen and oxygen atoms in total. The maximum atomic E-state index is 13.5. The third-order valence-corrected chi connectivity index (χ3v) is 5.45. The quantitative estimate of drug-likeness (QED) is 0.853. The summed E-state index contributed by atoms with van der Waals surface area (Å²) in [5, 5.41) is 2.59. The van der Waals surface area contributed by atoms with E-state index in [0.29, 0.717) is 12.8 Å². The summed E-state index contributed by atoms with van der Waals surface area (Å²) in [4.78, 5) is 20.1. The summed E-state index contributed by atoms with van der Waals surface area (Å²) >= 11 is 0.820. The Morgan fingerprint density at radius 1 is 1.20 bits per heavy atom. The van der Waals surface area contributed by atoms with Crippen molar-refractivity contribution in [1.29, 1.82) is 0 Å². The summed E-state index contributed by atoms with van der Waals surface area (Å²) in [6.07, 6.45) is 1.30. The molecule has 1 N–H and O–H groups in total. The highest BCUT2D eigenvalue weighted by Crippen LogP contribution is 2.47. The van der Waals surface area contributed by atoms with Crippen LogP contribution in [-0.2, 0) is 23.8 Å². The van der Waals surface area contributed by atoms with Gasteiger partial charge in [0.1, 0.15) is 4.88 Å². The van der Waals surface area contributed by atoms with Gasteiger partial charge in [0, 0.05) is 16.4 Å². The van der Waals surface area contributed by atoms with Crippen LogP contribution in [0.25, 0.3) is 11.3 Å². The third kappa shape index (κ3) is 3.68. The molecular weight excluding hydrogens is 351 g/mol. The Kier molecular flexibility index (Phi) is 4.81. The minimum atomic E-state index is -4.41. The van der Waals surface area contributed by atoms with E-state index in [0.717, 1.165) is 34.6 Å². The van der Waals surface area contributed by atoms with Crippen molar-refractivity contribution in [1.82, 2.24) is 9.97 Å². The molecule has 134 valence electrons. The lowest BCUT2D eigenvalue weighted by molar-refractivity contribution is -0.133. The lowest BCUT2D eigenvalue weighted by Crippen LogP contribution is -2.18. The van der Waals surface area contributed by atoms with Crippen LogP contribution in [0.1, 0.15) is 42.0 Å². The van der Waals surface area contributed by atoms with E-state index in [2.05, 4.69) is 15.3 Å². The molecule has 0 aliphatic heterocycles. The number of amides is 1. The highest BCUT2D eigenvalue weighted by atomic mass is 32.1. The summed E-state index contributed by atoms with van der Waals surface area (Å²) in [5.41, 5.74) is 1.10. The van der Waals surface area contributed by atoms with Crippen LogP contribution in [0.2, 0.25) is 0 Å².